The first-order valence-corrected chi connectivity index (χ1v) is 6.80. The van der Waals surface area contributed by atoms with Crippen molar-refractivity contribution in [1.29, 1.82) is 0 Å². The van der Waals surface area contributed by atoms with Crippen LogP contribution in [0.5, 0.6) is 0 Å². The molecule has 21 heavy (non-hydrogen) atoms. The van der Waals surface area contributed by atoms with E-state index in [9.17, 15) is 9.18 Å². The summed E-state index contributed by atoms with van der Waals surface area (Å²) in [6.45, 7) is 1.86. The Kier molecular flexibility index (Phi) is 4.75. The van der Waals surface area contributed by atoms with Crippen LogP contribution in [-0.2, 0) is 6.42 Å². The number of aromatic nitrogens is 1. The minimum Gasteiger partial charge on any atom is -0.397 e. The van der Waals surface area contributed by atoms with Crippen molar-refractivity contribution in [2.24, 2.45) is 0 Å². The highest BCUT2D eigenvalue weighted by Gasteiger charge is 2.14. The number of halogens is 2. The third-order valence-electron chi connectivity index (χ3n) is 2.94. The van der Waals surface area contributed by atoms with Crippen molar-refractivity contribution >= 4 is 23.2 Å². The highest BCUT2D eigenvalue weighted by atomic mass is 35.5. The maximum absolute atomic E-state index is 12.8. The topological polar surface area (TPSA) is 68.0 Å². The molecule has 3 N–H and O–H groups in total. The van der Waals surface area contributed by atoms with E-state index in [1.807, 2.05) is 6.92 Å². The minimum absolute atomic E-state index is 0.107. The Morgan fingerprint density at radius 2 is 2.10 bits per heavy atom. The number of nitrogens with one attached hydrogen (secondary N) is 1. The van der Waals surface area contributed by atoms with Crippen LogP contribution in [0.2, 0.25) is 5.15 Å². The molecule has 0 aliphatic rings. The molecule has 2 aromatic rings. The molecule has 110 valence electrons. The highest BCUT2D eigenvalue weighted by Crippen LogP contribution is 2.16. The summed E-state index contributed by atoms with van der Waals surface area (Å²) < 4.78 is 12.8. The number of amides is 1. The monoisotopic (exact) mass is 307 g/mol. The molecule has 0 radical (unpaired) electrons. The molecule has 0 aliphatic heterocycles. The Labute approximate surface area is 127 Å². The highest BCUT2D eigenvalue weighted by molar-refractivity contribution is 6.32. The first kappa shape index (κ1) is 15.3. The zero-order valence-corrected chi connectivity index (χ0v) is 12.2. The van der Waals surface area contributed by atoms with Gasteiger partial charge in [0.1, 0.15) is 11.0 Å². The van der Waals surface area contributed by atoms with Crippen LogP contribution in [-0.4, -0.2) is 16.9 Å². The number of hydrogen-bond acceptors (Lipinski definition) is 3. The van der Waals surface area contributed by atoms with E-state index in [-0.39, 0.29) is 28.5 Å². The van der Waals surface area contributed by atoms with E-state index in [1.165, 1.54) is 24.4 Å². The first-order valence-electron chi connectivity index (χ1n) is 6.42. The third-order valence-corrected chi connectivity index (χ3v) is 3.24. The molecule has 1 aromatic heterocycles. The van der Waals surface area contributed by atoms with Crippen LogP contribution in [0.25, 0.3) is 0 Å². The van der Waals surface area contributed by atoms with Gasteiger partial charge in [-0.15, -0.1) is 0 Å². The van der Waals surface area contributed by atoms with Crippen molar-refractivity contribution in [3.63, 3.8) is 0 Å². The number of carbonyl (C=O) groups excluding carboxylic acids is 1. The molecule has 0 spiro atoms. The van der Waals surface area contributed by atoms with Gasteiger partial charge in [-0.3, -0.25) is 4.79 Å². The molecule has 0 saturated carbocycles. The van der Waals surface area contributed by atoms with Gasteiger partial charge in [-0.2, -0.15) is 0 Å². The number of nitrogen functional groups attached to an aromatic ring is 1. The van der Waals surface area contributed by atoms with Gasteiger partial charge in [0.25, 0.3) is 5.91 Å². The summed E-state index contributed by atoms with van der Waals surface area (Å²) >= 11 is 5.88. The minimum atomic E-state index is -0.339. The largest absolute Gasteiger partial charge is 0.397 e. The van der Waals surface area contributed by atoms with Gasteiger partial charge in [0.05, 0.1) is 17.4 Å². The lowest BCUT2D eigenvalue weighted by molar-refractivity contribution is 0.0940. The van der Waals surface area contributed by atoms with Crippen molar-refractivity contribution < 1.29 is 9.18 Å². The van der Waals surface area contributed by atoms with Gasteiger partial charge in [0.15, 0.2) is 0 Å². The Balaban J connectivity index is 2.01. The quantitative estimate of drug-likeness (QED) is 0.853. The zero-order chi connectivity index (χ0) is 15.4. The normalized spacial score (nSPS) is 12.0. The predicted molar refractivity (Wildman–Crippen MR) is 80.7 cm³/mol. The van der Waals surface area contributed by atoms with Gasteiger partial charge in [-0.05, 0) is 37.1 Å². The molecule has 0 aliphatic carbocycles. The Morgan fingerprint density at radius 1 is 1.43 bits per heavy atom. The van der Waals surface area contributed by atoms with Gasteiger partial charge < -0.3 is 11.1 Å². The number of benzene rings is 1. The number of anilines is 1. The molecule has 1 aromatic carbocycles. The van der Waals surface area contributed by atoms with E-state index in [0.717, 1.165) is 5.56 Å². The van der Waals surface area contributed by atoms with Crippen LogP contribution < -0.4 is 11.1 Å². The molecule has 0 bridgehead atoms. The van der Waals surface area contributed by atoms with E-state index in [4.69, 9.17) is 17.3 Å². The number of nitrogens with zero attached hydrogens (tertiary/aromatic N) is 1. The van der Waals surface area contributed by atoms with Crippen LogP contribution in [0.3, 0.4) is 0 Å². The second kappa shape index (κ2) is 6.54. The summed E-state index contributed by atoms with van der Waals surface area (Å²) in [5.41, 5.74) is 7.14. The second-order valence-corrected chi connectivity index (χ2v) is 5.17. The number of rotatable bonds is 4. The smallest absolute Gasteiger partial charge is 0.254 e. The van der Waals surface area contributed by atoms with Crippen LogP contribution in [0.1, 0.15) is 22.8 Å². The molecule has 1 heterocycles. The molecule has 2 rings (SSSR count). The lowest BCUT2D eigenvalue weighted by Crippen LogP contribution is -2.34. The molecule has 0 fully saturated rings. The van der Waals surface area contributed by atoms with E-state index in [1.54, 1.807) is 12.1 Å². The van der Waals surface area contributed by atoms with Gasteiger partial charge in [0.2, 0.25) is 0 Å². The maximum Gasteiger partial charge on any atom is 0.254 e. The summed E-state index contributed by atoms with van der Waals surface area (Å²) in [6.07, 6.45) is 1.97. The van der Waals surface area contributed by atoms with Gasteiger partial charge in [0, 0.05) is 6.04 Å². The van der Waals surface area contributed by atoms with Crippen molar-refractivity contribution in [3.05, 3.63) is 58.6 Å². The summed E-state index contributed by atoms with van der Waals surface area (Å²) in [5, 5.41) is 2.92. The summed E-state index contributed by atoms with van der Waals surface area (Å²) in [4.78, 5) is 16.0. The fourth-order valence-electron chi connectivity index (χ4n) is 1.95. The van der Waals surface area contributed by atoms with Gasteiger partial charge >= 0.3 is 0 Å². The predicted octanol–water partition coefficient (Wildman–Crippen LogP) is 2.82. The zero-order valence-electron chi connectivity index (χ0n) is 11.4. The number of hydrogen-bond donors (Lipinski definition) is 2. The van der Waals surface area contributed by atoms with E-state index in [0.29, 0.717) is 12.1 Å². The van der Waals surface area contributed by atoms with Crippen LogP contribution in [0.4, 0.5) is 10.1 Å². The summed E-state index contributed by atoms with van der Waals surface area (Å²) in [6, 6.07) is 7.50. The van der Waals surface area contributed by atoms with Gasteiger partial charge in [-0.1, -0.05) is 23.7 Å². The number of pyridine rings is 1. The van der Waals surface area contributed by atoms with Crippen molar-refractivity contribution in [2.45, 2.75) is 19.4 Å². The molecule has 1 atom stereocenters. The van der Waals surface area contributed by atoms with E-state index >= 15 is 0 Å². The molecule has 6 heteroatoms. The average molecular weight is 308 g/mol. The SMILES string of the molecule is CC(Cc1ccc(F)cc1)NC(=O)c1cc(N)cnc1Cl. The maximum atomic E-state index is 12.8. The third kappa shape index (κ3) is 4.16. The van der Waals surface area contributed by atoms with Crippen molar-refractivity contribution in [3.8, 4) is 0 Å². The molecular weight excluding hydrogens is 293 g/mol. The van der Waals surface area contributed by atoms with Crippen molar-refractivity contribution in [2.75, 3.05) is 5.73 Å². The Hall–Kier alpha value is -2.14. The van der Waals surface area contributed by atoms with Gasteiger partial charge in [-0.25, -0.2) is 9.37 Å². The van der Waals surface area contributed by atoms with Crippen molar-refractivity contribution in [1.82, 2.24) is 10.3 Å². The van der Waals surface area contributed by atoms with Crippen LogP contribution in [0, 0.1) is 5.82 Å². The lowest BCUT2D eigenvalue weighted by Gasteiger charge is -2.14. The Bertz CT molecular complexity index is 646. The van der Waals surface area contributed by atoms with Crippen LogP contribution in [0.15, 0.2) is 36.5 Å². The molecular formula is C15H15ClFN3O. The fraction of sp³-hybridized carbons (Fsp3) is 0.200. The molecule has 1 unspecified atom stereocenters. The summed E-state index contributed by atoms with van der Waals surface area (Å²) in [5.74, 6) is -0.623. The van der Waals surface area contributed by atoms with Crippen LogP contribution >= 0.6 is 11.6 Å². The fourth-order valence-corrected chi connectivity index (χ4v) is 2.14. The molecule has 0 saturated heterocycles. The first-order chi connectivity index (χ1) is 9.95. The van der Waals surface area contributed by atoms with E-state index < -0.39 is 0 Å². The summed E-state index contributed by atoms with van der Waals surface area (Å²) in [7, 11) is 0. The number of nitrogens with two attached hydrogens (primary N) is 1. The molecule has 1 amide bonds. The lowest BCUT2D eigenvalue weighted by atomic mass is 10.1. The standard InChI is InChI=1S/C15H15ClFN3O/c1-9(6-10-2-4-11(17)5-3-10)20-15(21)13-7-12(18)8-19-14(13)16/h2-5,7-9H,6,18H2,1H3,(H,20,21). The molecule has 4 nitrogen and oxygen atoms in total. The second-order valence-electron chi connectivity index (χ2n) is 4.81. The Morgan fingerprint density at radius 3 is 2.76 bits per heavy atom. The average Bonchev–Trinajstić information content (AvgIpc) is 2.44. The number of carbonyl (C=O) groups is 1. The van der Waals surface area contributed by atoms with E-state index in [2.05, 4.69) is 10.3 Å².